The van der Waals surface area contributed by atoms with Gasteiger partial charge < -0.3 is 15.5 Å². The molecule has 1 saturated heterocycles. The topological polar surface area (TPSA) is 62.5 Å². The number of nitrogen functional groups attached to an aromatic ring is 1. The molecule has 1 unspecified atom stereocenters. The Morgan fingerprint density at radius 2 is 2.37 bits per heavy atom. The van der Waals surface area contributed by atoms with E-state index in [4.69, 9.17) is 17.3 Å². The lowest BCUT2D eigenvalue weighted by Gasteiger charge is -2.36. The number of anilines is 1. The molecule has 1 fully saturated rings. The van der Waals surface area contributed by atoms with Crippen LogP contribution in [0.15, 0.2) is 12.3 Å². The SMILES string of the molecule is CN1CCCC(N(C)C(=O)c2cc(Cl)ncc2N)C1. The molecule has 0 bridgehead atoms. The first-order chi connectivity index (χ1) is 8.99. The number of likely N-dealkylation sites (tertiary alicyclic amines) is 1. The number of amides is 1. The first-order valence-corrected chi connectivity index (χ1v) is 6.73. The predicted molar refractivity (Wildman–Crippen MR) is 76.3 cm³/mol. The lowest BCUT2D eigenvalue weighted by Crippen LogP contribution is -2.47. The molecule has 0 spiro atoms. The summed E-state index contributed by atoms with van der Waals surface area (Å²) in [5.74, 6) is -0.0953. The fourth-order valence-electron chi connectivity index (χ4n) is 2.44. The summed E-state index contributed by atoms with van der Waals surface area (Å²) in [5, 5.41) is 0.284. The number of pyridine rings is 1. The molecule has 0 radical (unpaired) electrons. The molecule has 104 valence electrons. The largest absolute Gasteiger partial charge is 0.397 e. The normalized spacial score (nSPS) is 20.3. The highest BCUT2D eigenvalue weighted by Crippen LogP contribution is 2.20. The van der Waals surface area contributed by atoms with Crippen molar-refractivity contribution in [2.75, 3.05) is 32.9 Å². The zero-order chi connectivity index (χ0) is 14.0. The van der Waals surface area contributed by atoms with Crippen molar-refractivity contribution < 1.29 is 4.79 Å². The van der Waals surface area contributed by atoms with E-state index in [1.165, 1.54) is 12.3 Å². The van der Waals surface area contributed by atoms with Gasteiger partial charge in [0.1, 0.15) is 5.15 Å². The van der Waals surface area contributed by atoms with Crippen molar-refractivity contribution >= 4 is 23.2 Å². The van der Waals surface area contributed by atoms with Crippen molar-refractivity contribution in [3.05, 3.63) is 23.0 Å². The van der Waals surface area contributed by atoms with Crippen molar-refractivity contribution in [3.8, 4) is 0 Å². The highest BCUT2D eigenvalue weighted by Gasteiger charge is 2.26. The van der Waals surface area contributed by atoms with E-state index in [1.54, 1.807) is 4.90 Å². The zero-order valence-corrected chi connectivity index (χ0v) is 12.0. The molecule has 0 aromatic carbocycles. The van der Waals surface area contributed by atoms with Gasteiger partial charge >= 0.3 is 0 Å². The number of nitrogens with two attached hydrogens (primary N) is 1. The minimum atomic E-state index is -0.0953. The number of piperidine rings is 1. The van der Waals surface area contributed by atoms with Gasteiger partial charge in [0.2, 0.25) is 0 Å². The van der Waals surface area contributed by atoms with E-state index in [0.29, 0.717) is 11.3 Å². The third kappa shape index (κ3) is 3.16. The van der Waals surface area contributed by atoms with E-state index >= 15 is 0 Å². The molecule has 1 atom stereocenters. The molecule has 2 heterocycles. The van der Waals surface area contributed by atoms with E-state index in [0.717, 1.165) is 25.9 Å². The molecule has 5 nitrogen and oxygen atoms in total. The zero-order valence-electron chi connectivity index (χ0n) is 11.3. The molecule has 1 aliphatic heterocycles. The predicted octanol–water partition coefficient (Wildman–Crippen LogP) is 1.48. The van der Waals surface area contributed by atoms with Crippen LogP contribution in [-0.4, -0.2) is 53.9 Å². The van der Waals surface area contributed by atoms with Gasteiger partial charge in [-0.1, -0.05) is 11.6 Å². The Hall–Kier alpha value is -1.33. The van der Waals surface area contributed by atoms with Crippen LogP contribution in [0.4, 0.5) is 5.69 Å². The maximum atomic E-state index is 12.5. The number of aromatic nitrogens is 1. The summed E-state index contributed by atoms with van der Waals surface area (Å²) in [7, 11) is 3.89. The lowest BCUT2D eigenvalue weighted by atomic mass is 10.0. The van der Waals surface area contributed by atoms with Gasteiger partial charge in [-0.15, -0.1) is 0 Å². The molecular weight excluding hydrogens is 264 g/mol. The minimum Gasteiger partial charge on any atom is -0.397 e. The Bertz CT molecular complexity index is 480. The molecule has 2 rings (SSSR count). The second-order valence-electron chi connectivity index (χ2n) is 5.07. The molecule has 1 aromatic rings. The van der Waals surface area contributed by atoms with Crippen LogP contribution < -0.4 is 5.73 Å². The van der Waals surface area contributed by atoms with E-state index in [-0.39, 0.29) is 17.1 Å². The van der Waals surface area contributed by atoms with Crippen LogP contribution in [0.1, 0.15) is 23.2 Å². The standard InChI is InChI=1S/C13H19ClN4O/c1-17-5-3-4-9(8-17)18(2)13(19)10-6-12(14)16-7-11(10)15/h6-7,9H,3-5,8,15H2,1-2H3. The molecule has 1 aromatic heterocycles. The highest BCUT2D eigenvalue weighted by molar-refractivity contribution is 6.29. The summed E-state index contributed by atoms with van der Waals surface area (Å²) >= 11 is 5.83. The van der Waals surface area contributed by atoms with Crippen LogP contribution in [0.5, 0.6) is 0 Å². The number of rotatable bonds is 2. The van der Waals surface area contributed by atoms with E-state index in [9.17, 15) is 4.79 Å². The van der Waals surface area contributed by atoms with Gasteiger partial charge in [0.25, 0.3) is 5.91 Å². The van der Waals surface area contributed by atoms with Crippen LogP contribution in [0.25, 0.3) is 0 Å². The van der Waals surface area contributed by atoms with Gasteiger partial charge in [-0.3, -0.25) is 4.79 Å². The summed E-state index contributed by atoms with van der Waals surface area (Å²) < 4.78 is 0. The fourth-order valence-corrected chi connectivity index (χ4v) is 2.59. The molecule has 1 aliphatic rings. The Morgan fingerprint density at radius 1 is 1.63 bits per heavy atom. The Balaban J connectivity index is 2.16. The average Bonchev–Trinajstić information content (AvgIpc) is 2.40. The van der Waals surface area contributed by atoms with Crippen LogP contribution in [0.2, 0.25) is 5.15 Å². The number of likely N-dealkylation sites (N-methyl/N-ethyl adjacent to an activating group) is 2. The van der Waals surface area contributed by atoms with Crippen LogP contribution >= 0.6 is 11.6 Å². The molecule has 6 heteroatoms. The summed E-state index contributed by atoms with van der Waals surface area (Å²) in [6.45, 7) is 1.97. The Morgan fingerprint density at radius 3 is 3.05 bits per heavy atom. The Kier molecular flexibility index (Phi) is 4.27. The van der Waals surface area contributed by atoms with Gasteiger partial charge in [0.15, 0.2) is 0 Å². The smallest absolute Gasteiger partial charge is 0.256 e. The number of nitrogens with zero attached hydrogens (tertiary/aromatic N) is 3. The first-order valence-electron chi connectivity index (χ1n) is 6.35. The van der Waals surface area contributed by atoms with Gasteiger partial charge in [-0.05, 0) is 32.5 Å². The van der Waals surface area contributed by atoms with Crippen molar-refractivity contribution in [1.82, 2.24) is 14.8 Å². The van der Waals surface area contributed by atoms with Gasteiger partial charge in [0.05, 0.1) is 17.4 Å². The van der Waals surface area contributed by atoms with E-state index in [1.807, 2.05) is 7.05 Å². The van der Waals surface area contributed by atoms with Crippen LogP contribution in [-0.2, 0) is 0 Å². The van der Waals surface area contributed by atoms with Gasteiger partial charge in [-0.25, -0.2) is 4.98 Å². The van der Waals surface area contributed by atoms with Crippen LogP contribution in [0.3, 0.4) is 0 Å². The van der Waals surface area contributed by atoms with Gasteiger partial charge in [-0.2, -0.15) is 0 Å². The second kappa shape index (κ2) is 5.75. The summed E-state index contributed by atoms with van der Waals surface area (Å²) in [6, 6.07) is 1.75. The summed E-state index contributed by atoms with van der Waals surface area (Å²) in [5.41, 5.74) is 6.60. The Labute approximate surface area is 118 Å². The molecule has 0 saturated carbocycles. The number of hydrogen-bond acceptors (Lipinski definition) is 4. The number of carbonyl (C=O) groups excluding carboxylic acids is 1. The highest BCUT2D eigenvalue weighted by atomic mass is 35.5. The maximum Gasteiger partial charge on any atom is 0.256 e. The summed E-state index contributed by atoms with van der Waals surface area (Å²) in [6.07, 6.45) is 3.55. The molecule has 1 amide bonds. The number of carbonyl (C=O) groups is 1. The van der Waals surface area contributed by atoms with Crippen molar-refractivity contribution in [1.29, 1.82) is 0 Å². The van der Waals surface area contributed by atoms with Crippen LogP contribution in [0, 0.1) is 0 Å². The number of halogens is 1. The molecular formula is C13H19ClN4O. The maximum absolute atomic E-state index is 12.5. The molecule has 2 N–H and O–H groups in total. The van der Waals surface area contributed by atoms with Crippen molar-refractivity contribution in [2.45, 2.75) is 18.9 Å². The molecule has 0 aliphatic carbocycles. The average molecular weight is 283 g/mol. The van der Waals surface area contributed by atoms with Crippen molar-refractivity contribution in [3.63, 3.8) is 0 Å². The quantitative estimate of drug-likeness (QED) is 0.835. The fraction of sp³-hybridized carbons (Fsp3) is 0.538. The first kappa shape index (κ1) is 14.1. The third-order valence-corrected chi connectivity index (χ3v) is 3.81. The van der Waals surface area contributed by atoms with Gasteiger partial charge in [0, 0.05) is 19.6 Å². The number of hydrogen-bond donors (Lipinski definition) is 1. The lowest BCUT2D eigenvalue weighted by molar-refractivity contribution is 0.0645. The van der Waals surface area contributed by atoms with E-state index < -0.39 is 0 Å². The van der Waals surface area contributed by atoms with E-state index in [2.05, 4.69) is 16.9 Å². The minimum absolute atomic E-state index is 0.0953. The monoisotopic (exact) mass is 282 g/mol. The second-order valence-corrected chi connectivity index (χ2v) is 5.46. The van der Waals surface area contributed by atoms with Crippen molar-refractivity contribution in [2.24, 2.45) is 0 Å². The molecule has 19 heavy (non-hydrogen) atoms. The third-order valence-electron chi connectivity index (χ3n) is 3.60. The summed E-state index contributed by atoms with van der Waals surface area (Å²) in [4.78, 5) is 20.3.